The van der Waals surface area contributed by atoms with Crippen molar-refractivity contribution < 1.29 is 14.2 Å². The number of halogens is 1. The predicted molar refractivity (Wildman–Crippen MR) is 127 cm³/mol. The van der Waals surface area contributed by atoms with Gasteiger partial charge in [0.05, 0.1) is 13.2 Å². The summed E-state index contributed by atoms with van der Waals surface area (Å²) in [6.07, 6.45) is 6.05. The lowest BCUT2D eigenvalue weighted by Crippen LogP contribution is -2.46. The molecule has 2 aliphatic rings. The number of rotatable bonds is 9. The Morgan fingerprint density at radius 2 is 2.14 bits per heavy atom. The Morgan fingerprint density at radius 3 is 2.76 bits per heavy atom. The van der Waals surface area contributed by atoms with Crippen molar-refractivity contribution in [2.45, 2.75) is 51.7 Å². The van der Waals surface area contributed by atoms with Crippen LogP contribution < -0.4 is 15.4 Å². The summed E-state index contributed by atoms with van der Waals surface area (Å²) in [5.41, 5.74) is 2.69. The fraction of sp³-hybridized carbons (Fsp3) is 0.682. The first kappa shape index (κ1) is 24.2. The molecule has 2 fully saturated rings. The molecule has 6 nitrogen and oxygen atoms in total. The number of nitrogens with zero attached hydrogens (tertiary/aromatic N) is 1. The molecular weight excluding hydrogens is 481 g/mol. The molecule has 164 valence electrons. The average Bonchev–Trinajstić information content (AvgIpc) is 3.17. The van der Waals surface area contributed by atoms with Crippen molar-refractivity contribution in [3.8, 4) is 5.75 Å². The van der Waals surface area contributed by atoms with Crippen molar-refractivity contribution in [2.24, 2.45) is 10.4 Å². The van der Waals surface area contributed by atoms with Crippen LogP contribution in [-0.4, -0.2) is 52.6 Å². The molecule has 1 aliphatic heterocycles. The summed E-state index contributed by atoms with van der Waals surface area (Å²) in [6, 6.07) is 6.37. The predicted octanol–water partition coefficient (Wildman–Crippen LogP) is 3.65. The molecular formula is C22H36IN3O3. The minimum absolute atomic E-state index is 0. The zero-order chi connectivity index (χ0) is 19.8. The third-order valence-corrected chi connectivity index (χ3v) is 5.96. The number of ether oxygens (including phenoxy) is 3. The fourth-order valence-corrected chi connectivity index (χ4v) is 3.88. The Labute approximate surface area is 192 Å². The topological polar surface area (TPSA) is 64.1 Å². The standard InChI is InChI=1S/C22H35N3O3.HI/c1-17-5-6-18(20(13-17)28-19-7-11-27-15-19)14-24-21(23-2)25-16-22(8-4-9-22)10-12-26-3;/h5-6,13,19H,4,7-12,14-16H2,1-3H3,(H2,23,24,25);1H. The van der Waals surface area contributed by atoms with E-state index in [4.69, 9.17) is 14.2 Å². The maximum absolute atomic E-state index is 6.20. The Hall–Kier alpha value is -1.06. The van der Waals surface area contributed by atoms with Gasteiger partial charge in [-0.15, -0.1) is 24.0 Å². The van der Waals surface area contributed by atoms with E-state index in [-0.39, 0.29) is 30.1 Å². The summed E-state index contributed by atoms with van der Waals surface area (Å²) in [5, 5.41) is 6.96. The molecule has 1 unspecified atom stereocenters. The normalized spacial score (nSPS) is 20.5. The monoisotopic (exact) mass is 517 g/mol. The molecule has 0 spiro atoms. The number of nitrogens with one attached hydrogen (secondary N) is 2. The molecule has 1 aliphatic carbocycles. The van der Waals surface area contributed by atoms with Crippen LogP contribution in [0, 0.1) is 12.3 Å². The first-order valence-electron chi connectivity index (χ1n) is 10.4. The van der Waals surface area contributed by atoms with Crippen LogP contribution in [0.1, 0.15) is 43.2 Å². The van der Waals surface area contributed by atoms with Crippen LogP contribution in [0.3, 0.4) is 0 Å². The van der Waals surface area contributed by atoms with Crippen LogP contribution in [0.4, 0.5) is 0 Å². The second kappa shape index (κ2) is 12.0. The average molecular weight is 517 g/mol. The van der Waals surface area contributed by atoms with E-state index in [2.05, 4.69) is 40.7 Å². The fourth-order valence-electron chi connectivity index (χ4n) is 3.88. The maximum Gasteiger partial charge on any atom is 0.191 e. The lowest BCUT2D eigenvalue weighted by atomic mass is 9.67. The number of hydrogen-bond donors (Lipinski definition) is 2. The van der Waals surface area contributed by atoms with Gasteiger partial charge in [0.15, 0.2) is 5.96 Å². The van der Waals surface area contributed by atoms with Crippen molar-refractivity contribution in [1.29, 1.82) is 0 Å². The number of aliphatic imine (C=N–C) groups is 1. The van der Waals surface area contributed by atoms with Crippen LogP contribution in [0.2, 0.25) is 0 Å². The molecule has 2 N–H and O–H groups in total. The number of aryl methyl sites for hydroxylation is 1. The van der Waals surface area contributed by atoms with E-state index >= 15 is 0 Å². The van der Waals surface area contributed by atoms with E-state index in [0.717, 1.165) is 49.9 Å². The summed E-state index contributed by atoms with van der Waals surface area (Å²) < 4.78 is 16.9. The van der Waals surface area contributed by atoms with E-state index in [1.807, 2.05) is 7.05 Å². The highest BCUT2D eigenvalue weighted by atomic mass is 127. The zero-order valence-electron chi connectivity index (χ0n) is 18.0. The van der Waals surface area contributed by atoms with E-state index in [1.54, 1.807) is 7.11 Å². The van der Waals surface area contributed by atoms with Gasteiger partial charge in [-0.1, -0.05) is 18.6 Å². The largest absolute Gasteiger partial charge is 0.488 e. The lowest BCUT2D eigenvalue weighted by Gasteiger charge is -2.42. The van der Waals surface area contributed by atoms with E-state index in [1.165, 1.54) is 24.8 Å². The van der Waals surface area contributed by atoms with Crippen LogP contribution >= 0.6 is 24.0 Å². The van der Waals surface area contributed by atoms with Gasteiger partial charge in [-0.25, -0.2) is 0 Å². The highest BCUT2D eigenvalue weighted by molar-refractivity contribution is 14.0. The van der Waals surface area contributed by atoms with Gasteiger partial charge in [0.25, 0.3) is 0 Å². The van der Waals surface area contributed by atoms with Crippen molar-refractivity contribution in [2.75, 3.05) is 40.5 Å². The van der Waals surface area contributed by atoms with Gasteiger partial charge >= 0.3 is 0 Å². The Balaban J connectivity index is 0.00000300. The van der Waals surface area contributed by atoms with E-state index in [9.17, 15) is 0 Å². The summed E-state index contributed by atoms with van der Waals surface area (Å²) in [4.78, 5) is 4.40. The minimum Gasteiger partial charge on any atom is -0.488 e. The SMILES string of the molecule is CN=C(NCc1ccc(C)cc1OC1CCOC1)NCC1(CCOC)CCC1.I. The van der Waals surface area contributed by atoms with Crippen molar-refractivity contribution in [3.05, 3.63) is 29.3 Å². The molecule has 1 saturated heterocycles. The summed E-state index contributed by atoms with van der Waals surface area (Å²) in [5.74, 6) is 1.77. The molecule has 1 saturated carbocycles. The molecule has 0 amide bonds. The number of benzene rings is 1. The molecule has 3 rings (SSSR count). The second-order valence-corrected chi connectivity index (χ2v) is 8.09. The number of methoxy groups -OCH3 is 1. The number of hydrogen-bond acceptors (Lipinski definition) is 4. The molecule has 0 aromatic heterocycles. The van der Waals surface area contributed by atoms with Crippen LogP contribution in [0.25, 0.3) is 0 Å². The van der Waals surface area contributed by atoms with Crippen molar-refractivity contribution in [3.63, 3.8) is 0 Å². The molecule has 0 bridgehead atoms. The van der Waals surface area contributed by atoms with Crippen molar-refractivity contribution in [1.82, 2.24) is 10.6 Å². The first-order chi connectivity index (χ1) is 13.6. The third kappa shape index (κ3) is 7.00. The van der Waals surface area contributed by atoms with E-state index < -0.39 is 0 Å². The third-order valence-electron chi connectivity index (χ3n) is 5.96. The zero-order valence-corrected chi connectivity index (χ0v) is 20.3. The van der Waals surface area contributed by atoms with Gasteiger partial charge in [0, 0.05) is 45.8 Å². The lowest BCUT2D eigenvalue weighted by molar-refractivity contribution is 0.0732. The molecule has 1 heterocycles. The quantitative estimate of drug-likeness (QED) is 0.298. The molecule has 1 aromatic carbocycles. The summed E-state index contributed by atoms with van der Waals surface area (Å²) in [7, 11) is 3.60. The Bertz CT molecular complexity index is 659. The molecule has 1 aromatic rings. The maximum atomic E-state index is 6.20. The molecule has 7 heteroatoms. The van der Waals surface area contributed by atoms with Gasteiger partial charge in [0.2, 0.25) is 0 Å². The van der Waals surface area contributed by atoms with Crippen LogP contribution in [0.5, 0.6) is 5.75 Å². The summed E-state index contributed by atoms with van der Waals surface area (Å²) in [6.45, 7) is 5.98. The van der Waals surface area contributed by atoms with Crippen LogP contribution in [-0.2, 0) is 16.0 Å². The highest BCUT2D eigenvalue weighted by Crippen LogP contribution is 2.43. The summed E-state index contributed by atoms with van der Waals surface area (Å²) >= 11 is 0. The van der Waals surface area contributed by atoms with E-state index in [0.29, 0.717) is 18.6 Å². The van der Waals surface area contributed by atoms with Gasteiger partial charge in [-0.2, -0.15) is 0 Å². The number of guanidine groups is 1. The van der Waals surface area contributed by atoms with Gasteiger partial charge in [0.1, 0.15) is 11.9 Å². The van der Waals surface area contributed by atoms with Crippen molar-refractivity contribution >= 4 is 29.9 Å². The molecule has 29 heavy (non-hydrogen) atoms. The van der Waals surface area contributed by atoms with Crippen LogP contribution in [0.15, 0.2) is 23.2 Å². The molecule has 0 radical (unpaired) electrons. The Morgan fingerprint density at radius 1 is 1.31 bits per heavy atom. The van der Waals surface area contributed by atoms with Gasteiger partial charge in [-0.3, -0.25) is 4.99 Å². The smallest absolute Gasteiger partial charge is 0.191 e. The minimum atomic E-state index is 0. The van der Waals surface area contributed by atoms with Gasteiger partial charge in [-0.05, 0) is 43.2 Å². The second-order valence-electron chi connectivity index (χ2n) is 8.09. The van der Waals surface area contributed by atoms with Gasteiger partial charge < -0.3 is 24.8 Å². The molecule has 1 atom stereocenters. The highest BCUT2D eigenvalue weighted by Gasteiger charge is 2.36. The Kier molecular flexibility index (Phi) is 9.98. The first-order valence-corrected chi connectivity index (χ1v) is 10.4.